The summed E-state index contributed by atoms with van der Waals surface area (Å²) in [5.41, 5.74) is 8.39. The summed E-state index contributed by atoms with van der Waals surface area (Å²) in [6.45, 7) is 9.21. The molecule has 0 radical (unpaired) electrons. The molecule has 4 heterocycles. The quantitative estimate of drug-likeness (QED) is 0.301. The van der Waals surface area contributed by atoms with Crippen LogP contribution in [0.1, 0.15) is 32.2 Å². The smallest absolute Gasteiger partial charge is 0.446 e. The number of anilines is 2. The number of nitrogen functional groups attached to an aromatic ring is 1. The summed E-state index contributed by atoms with van der Waals surface area (Å²) < 4.78 is 50.7. The van der Waals surface area contributed by atoms with Gasteiger partial charge in [0, 0.05) is 24.5 Å². The lowest BCUT2D eigenvalue weighted by Crippen LogP contribution is -2.27. The molecule has 0 fully saturated rings. The minimum atomic E-state index is -4.64. The summed E-state index contributed by atoms with van der Waals surface area (Å²) in [7, 11) is 3.15. The molecule has 4 rings (SSSR count). The van der Waals surface area contributed by atoms with Crippen molar-refractivity contribution in [3.05, 3.63) is 61.0 Å². The monoisotopic (exact) mass is 606 g/mol. The Kier molecular flexibility index (Phi) is 11.6. The van der Waals surface area contributed by atoms with E-state index in [-0.39, 0.29) is 0 Å². The van der Waals surface area contributed by atoms with Crippen molar-refractivity contribution < 1.29 is 37.0 Å². The van der Waals surface area contributed by atoms with Crippen molar-refractivity contribution in [2.45, 2.75) is 46.4 Å². The van der Waals surface area contributed by atoms with Gasteiger partial charge < -0.3 is 29.1 Å². The van der Waals surface area contributed by atoms with Crippen molar-refractivity contribution >= 4 is 24.0 Å². The first kappa shape index (κ1) is 34.1. The van der Waals surface area contributed by atoms with E-state index in [1.807, 2.05) is 30.8 Å². The molecule has 0 aromatic carbocycles. The third kappa shape index (κ3) is 11.3. The molecule has 1 amide bonds. The number of ether oxygens (including phenoxy) is 3. The molecule has 4 aromatic heterocycles. The highest BCUT2D eigenvalue weighted by Gasteiger charge is 2.25. The zero-order valence-corrected chi connectivity index (χ0v) is 24.6. The van der Waals surface area contributed by atoms with Crippen LogP contribution in [0.2, 0.25) is 0 Å². The summed E-state index contributed by atoms with van der Waals surface area (Å²) in [5, 5.41) is 2.58. The molecule has 0 aliphatic rings. The Labute approximate surface area is 245 Å². The average Bonchev–Trinajstić information content (AvgIpc) is 3.55. The van der Waals surface area contributed by atoms with E-state index in [9.17, 15) is 18.0 Å². The van der Waals surface area contributed by atoms with Crippen LogP contribution in [0.3, 0.4) is 0 Å². The number of hydrogen-bond acceptors (Lipinski definition) is 10. The summed E-state index contributed by atoms with van der Waals surface area (Å²) in [6.07, 6.45) is 4.15. The van der Waals surface area contributed by atoms with Gasteiger partial charge in [-0.25, -0.2) is 24.7 Å². The van der Waals surface area contributed by atoms with Gasteiger partial charge in [-0.2, -0.15) is 13.2 Å². The largest absolute Gasteiger partial charge is 0.494 e. The highest BCUT2D eigenvalue weighted by Crippen LogP contribution is 2.25. The molecule has 232 valence electrons. The first-order valence-electron chi connectivity index (χ1n) is 12.4. The Bertz CT molecular complexity index is 1510. The number of carbonyl (C=O) groups excluding carboxylic acids is 2. The van der Waals surface area contributed by atoms with Crippen LogP contribution in [0, 0.1) is 13.8 Å². The molecule has 0 saturated carbocycles. The predicted octanol–water partition coefficient (Wildman–Crippen LogP) is 4.85. The van der Waals surface area contributed by atoms with Crippen molar-refractivity contribution in [2.24, 2.45) is 0 Å². The van der Waals surface area contributed by atoms with Crippen LogP contribution in [0.4, 0.5) is 29.6 Å². The number of nitrogens with one attached hydrogen (secondary N) is 1. The standard InChI is InChI=1S/C15H20N4O3.C10H12N4O.C2HF3O/c1-10-8-19(9-17-10)11-7-16-13(6-12(11)21-5)18-14(20)22-15(2,3)4;1-7-5-14(6-13-7)8-4-12-10(11)3-9(8)15-2;3-2(4,5)1-6/h6-9H,1-5H3,(H,16,18,20);3-6H,1-2H3,(H2,11,12);1H. The molecule has 0 spiro atoms. The van der Waals surface area contributed by atoms with Gasteiger partial charge in [-0.05, 0) is 34.6 Å². The number of methoxy groups -OCH3 is 2. The lowest BCUT2D eigenvalue weighted by Gasteiger charge is -2.19. The summed E-state index contributed by atoms with van der Waals surface area (Å²) in [4.78, 5) is 37.0. The maximum Gasteiger partial charge on any atom is 0.446 e. The predicted molar refractivity (Wildman–Crippen MR) is 152 cm³/mol. The molecule has 3 N–H and O–H groups in total. The van der Waals surface area contributed by atoms with Crippen molar-refractivity contribution in [2.75, 3.05) is 25.3 Å². The molecular formula is C27H33F3N8O5. The molecule has 0 atom stereocenters. The van der Waals surface area contributed by atoms with Crippen LogP contribution in [0.15, 0.2) is 49.6 Å². The van der Waals surface area contributed by atoms with Crippen LogP contribution in [-0.2, 0) is 9.53 Å². The van der Waals surface area contributed by atoms with Crippen LogP contribution < -0.4 is 20.5 Å². The van der Waals surface area contributed by atoms with Crippen LogP contribution in [-0.4, -0.2) is 67.4 Å². The average molecular weight is 607 g/mol. The Hall–Kier alpha value is -5.15. The number of aryl methyl sites for hydroxylation is 2. The molecule has 4 aromatic rings. The van der Waals surface area contributed by atoms with Gasteiger partial charge in [-0.15, -0.1) is 0 Å². The minimum absolute atomic E-state index is 0.353. The van der Waals surface area contributed by atoms with Crippen molar-refractivity contribution in [1.29, 1.82) is 0 Å². The van der Waals surface area contributed by atoms with Gasteiger partial charge in [-0.3, -0.25) is 10.1 Å². The fraction of sp³-hybridized carbons (Fsp3) is 0.333. The summed E-state index contributed by atoms with van der Waals surface area (Å²) >= 11 is 0. The lowest BCUT2D eigenvalue weighted by atomic mass is 10.2. The van der Waals surface area contributed by atoms with E-state index in [0.29, 0.717) is 23.1 Å². The molecule has 0 unspecified atom stereocenters. The molecule has 13 nitrogen and oxygen atoms in total. The number of nitrogens with zero attached hydrogens (tertiary/aromatic N) is 6. The van der Waals surface area contributed by atoms with Gasteiger partial charge in [0.05, 0.1) is 50.7 Å². The van der Waals surface area contributed by atoms with Gasteiger partial charge in [-0.1, -0.05) is 0 Å². The van der Waals surface area contributed by atoms with Crippen LogP contribution in [0.5, 0.6) is 11.5 Å². The molecule has 0 saturated heterocycles. The summed E-state index contributed by atoms with van der Waals surface area (Å²) in [5.74, 6) is 2.04. The van der Waals surface area contributed by atoms with Crippen molar-refractivity contribution in [3.8, 4) is 22.9 Å². The number of nitrogens with two attached hydrogens (primary N) is 1. The highest BCUT2D eigenvalue weighted by molar-refractivity contribution is 5.84. The molecule has 16 heteroatoms. The fourth-order valence-corrected chi connectivity index (χ4v) is 3.17. The van der Waals surface area contributed by atoms with E-state index in [0.717, 1.165) is 22.8 Å². The number of pyridine rings is 2. The van der Waals surface area contributed by atoms with Gasteiger partial charge in [0.15, 0.2) is 0 Å². The van der Waals surface area contributed by atoms with Gasteiger partial charge in [0.2, 0.25) is 6.29 Å². The summed E-state index contributed by atoms with van der Waals surface area (Å²) in [6, 6.07) is 3.32. The van der Waals surface area contributed by atoms with Gasteiger partial charge >= 0.3 is 12.3 Å². The number of hydrogen-bond donors (Lipinski definition) is 2. The number of alkyl halides is 3. The zero-order chi connectivity index (χ0) is 32.4. The topological polar surface area (TPSA) is 161 Å². The molecule has 0 aliphatic heterocycles. The van der Waals surface area contributed by atoms with Crippen molar-refractivity contribution in [1.82, 2.24) is 29.1 Å². The number of aldehydes is 1. The third-order valence-corrected chi connectivity index (χ3v) is 4.90. The minimum Gasteiger partial charge on any atom is -0.494 e. The first-order chi connectivity index (χ1) is 20.0. The Morgan fingerprint density at radius 1 is 0.884 bits per heavy atom. The number of rotatable bonds is 5. The second-order valence-corrected chi connectivity index (χ2v) is 9.65. The number of amides is 1. The van der Waals surface area contributed by atoms with E-state index in [1.54, 1.807) is 76.7 Å². The highest BCUT2D eigenvalue weighted by atomic mass is 19.4. The van der Waals surface area contributed by atoms with Crippen LogP contribution in [0.25, 0.3) is 11.4 Å². The fourth-order valence-electron chi connectivity index (χ4n) is 3.17. The SMILES string of the molecule is COc1cc(N)ncc1-n1cnc(C)c1.COc1cc(NC(=O)OC(C)(C)C)ncc1-n1cnc(C)c1.O=CC(F)(F)F. The Balaban J connectivity index is 0.000000264. The number of aromatic nitrogens is 6. The number of carbonyl (C=O) groups is 2. The van der Waals surface area contributed by atoms with E-state index >= 15 is 0 Å². The van der Waals surface area contributed by atoms with Crippen LogP contribution >= 0.6 is 0 Å². The van der Waals surface area contributed by atoms with E-state index in [1.165, 1.54) is 0 Å². The first-order valence-corrected chi connectivity index (χ1v) is 12.4. The van der Waals surface area contributed by atoms with Gasteiger partial charge in [0.25, 0.3) is 0 Å². The maximum absolute atomic E-state index is 11.8. The zero-order valence-electron chi connectivity index (χ0n) is 24.6. The van der Waals surface area contributed by atoms with E-state index < -0.39 is 24.2 Å². The second kappa shape index (κ2) is 14.7. The Morgan fingerprint density at radius 3 is 1.74 bits per heavy atom. The Morgan fingerprint density at radius 2 is 1.35 bits per heavy atom. The molecule has 43 heavy (non-hydrogen) atoms. The normalized spacial score (nSPS) is 10.8. The lowest BCUT2D eigenvalue weighted by molar-refractivity contribution is -0.156. The third-order valence-electron chi connectivity index (χ3n) is 4.90. The number of imidazole rings is 2. The maximum atomic E-state index is 11.8. The van der Waals surface area contributed by atoms with Crippen molar-refractivity contribution in [3.63, 3.8) is 0 Å². The molecular weight excluding hydrogens is 573 g/mol. The second-order valence-electron chi connectivity index (χ2n) is 9.65. The van der Waals surface area contributed by atoms with Gasteiger partial charge in [0.1, 0.15) is 40.1 Å². The van der Waals surface area contributed by atoms with E-state index in [2.05, 4.69) is 25.3 Å². The molecule has 0 bridgehead atoms. The van der Waals surface area contributed by atoms with E-state index in [4.69, 9.17) is 24.7 Å². The molecule has 0 aliphatic carbocycles. The number of halogens is 3.